The highest BCUT2D eigenvalue weighted by Gasteiger charge is 2.47. The van der Waals surface area contributed by atoms with Gasteiger partial charge in [-0.15, -0.1) is 0 Å². The molecule has 0 saturated carbocycles. The Morgan fingerprint density at radius 3 is 1.51 bits per heavy atom. The van der Waals surface area contributed by atoms with Crippen molar-refractivity contribution in [3.63, 3.8) is 0 Å². The number of carbonyl (C=O) groups is 14. The summed E-state index contributed by atoms with van der Waals surface area (Å²) in [5, 5.41) is 47.8. The number of hydrogen-bond donors (Lipinski definition) is 15. The summed E-state index contributed by atoms with van der Waals surface area (Å²) in [4.78, 5) is 187. The van der Waals surface area contributed by atoms with Crippen molar-refractivity contribution in [3.8, 4) is 0 Å². The van der Waals surface area contributed by atoms with Crippen molar-refractivity contribution < 1.29 is 82.4 Å². The molecule has 4 aliphatic rings. The lowest BCUT2D eigenvalue weighted by atomic mass is 10.1. The number of aliphatic hydroxyl groups is 3. The van der Waals surface area contributed by atoms with Crippen LogP contribution >= 0.6 is 0 Å². The van der Waals surface area contributed by atoms with Crippen LogP contribution in [0.15, 0.2) is 0 Å². The standard InChI is InChI=1S/C48H78N16O17/c1-25(46(79)63-16-6-11-33(63)48(81)64-17-7-12-34(64)47(80)62-15-5-10-32(62)45(78)58-28(22-65)39(52)72)56-37(70)20-55-42(75)29(23-66)59-43(76)30(24-67)60-44(77)31-9-4-14-61(31)38(71)21-53-36(69)19-54-41(74)27(18-35(51)68)57-40(73)26(50)8-2-3-13-49/h25-34,65-67H,2-24,49-50H2,1H3,(H2,51,68)(H2,52,72)(H,53,69)(H,54,74)(H,55,75)(H,56,70)(H,57,73)(H,58,78)(H,59,76)(H,60,77)/t25-,26-,27-,28-,29-,30-,31-,32-,33-,34-/m0/s1. The summed E-state index contributed by atoms with van der Waals surface area (Å²) < 4.78 is 0. The molecule has 0 aromatic heterocycles. The van der Waals surface area contributed by atoms with Gasteiger partial charge in [-0.3, -0.25) is 67.1 Å². The molecule has 452 valence electrons. The highest BCUT2D eigenvalue weighted by atomic mass is 16.3. The molecule has 0 spiro atoms. The first kappa shape index (κ1) is 65.9. The Bertz CT molecular complexity index is 2350. The summed E-state index contributed by atoms with van der Waals surface area (Å²) in [5.74, 6) is -11.4. The van der Waals surface area contributed by atoms with Gasteiger partial charge < -0.3 is 100 Å². The average Bonchev–Trinajstić information content (AvgIpc) is 4.44. The van der Waals surface area contributed by atoms with E-state index >= 15 is 0 Å². The zero-order chi connectivity index (χ0) is 60.1. The highest BCUT2D eigenvalue weighted by Crippen LogP contribution is 2.29. The molecule has 0 bridgehead atoms. The van der Waals surface area contributed by atoms with E-state index in [0.717, 1.165) is 4.90 Å². The predicted octanol–water partition coefficient (Wildman–Crippen LogP) is -10.5. The van der Waals surface area contributed by atoms with Crippen LogP contribution < -0.4 is 65.5 Å². The highest BCUT2D eigenvalue weighted by molar-refractivity contribution is 5.99. The summed E-state index contributed by atoms with van der Waals surface area (Å²) in [5.41, 5.74) is 21.8. The number of nitrogens with one attached hydrogen (secondary N) is 8. The molecule has 14 amide bonds. The number of nitrogens with zero attached hydrogens (tertiary/aromatic N) is 4. The van der Waals surface area contributed by atoms with E-state index in [2.05, 4.69) is 42.5 Å². The Hall–Kier alpha value is -7.62. The predicted molar refractivity (Wildman–Crippen MR) is 278 cm³/mol. The number of amides is 14. The first-order valence-electron chi connectivity index (χ1n) is 26.9. The Balaban J connectivity index is 1.22. The molecule has 0 aliphatic carbocycles. The van der Waals surface area contributed by atoms with Gasteiger partial charge in [0.25, 0.3) is 0 Å². The Morgan fingerprint density at radius 2 is 0.963 bits per heavy atom. The van der Waals surface area contributed by atoms with Crippen molar-refractivity contribution in [2.24, 2.45) is 22.9 Å². The second kappa shape index (κ2) is 32.0. The zero-order valence-corrected chi connectivity index (χ0v) is 45.2. The number of nitrogens with two attached hydrogens (primary N) is 4. The molecule has 33 nitrogen and oxygen atoms in total. The molecule has 4 aliphatic heterocycles. The monoisotopic (exact) mass is 1150 g/mol. The molecule has 81 heavy (non-hydrogen) atoms. The van der Waals surface area contributed by atoms with E-state index in [-0.39, 0.29) is 51.9 Å². The third-order valence-corrected chi connectivity index (χ3v) is 14.2. The van der Waals surface area contributed by atoms with Gasteiger partial charge in [-0.25, -0.2) is 0 Å². The van der Waals surface area contributed by atoms with Crippen LogP contribution in [0, 0.1) is 0 Å². The third kappa shape index (κ3) is 18.7. The van der Waals surface area contributed by atoms with Crippen molar-refractivity contribution in [1.29, 1.82) is 0 Å². The van der Waals surface area contributed by atoms with Crippen LogP contribution in [0.5, 0.6) is 0 Å². The van der Waals surface area contributed by atoms with Crippen LogP contribution in [0.25, 0.3) is 0 Å². The summed E-state index contributed by atoms with van der Waals surface area (Å²) >= 11 is 0. The topological polar surface area (TPSA) is 513 Å². The minimum Gasteiger partial charge on any atom is -0.394 e. The number of likely N-dealkylation sites (tertiary alicyclic amines) is 4. The van der Waals surface area contributed by atoms with Crippen LogP contribution in [0.1, 0.15) is 84.0 Å². The van der Waals surface area contributed by atoms with Crippen LogP contribution in [-0.4, -0.2) is 250 Å². The van der Waals surface area contributed by atoms with Crippen LogP contribution in [0.4, 0.5) is 0 Å². The second-order valence-corrected chi connectivity index (χ2v) is 20.1. The van der Waals surface area contributed by atoms with Gasteiger partial charge in [0.05, 0.1) is 51.9 Å². The fraction of sp³-hybridized carbons (Fsp3) is 0.708. The molecule has 33 heteroatoms. The van der Waals surface area contributed by atoms with Crippen LogP contribution in [0.2, 0.25) is 0 Å². The van der Waals surface area contributed by atoms with Crippen molar-refractivity contribution >= 4 is 82.7 Å². The fourth-order valence-corrected chi connectivity index (χ4v) is 9.85. The van der Waals surface area contributed by atoms with Crippen LogP contribution in [-0.2, 0) is 67.1 Å². The first-order valence-corrected chi connectivity index (χ1v) is 26.9. The number of carbonyl (C=O) groups excluding carboxylic acids is 14. The van der Waals surface area contributed by atoms with E-state index < -0.39 is 189 Å². The SMILES string of the molecule is C[C@H](NC(=O)CNC(=O)[C@H](CO)NC(=O)[C@H](CO)NC(=O)[C@@H]1CCCN1C(=O)CNC(=O)CNC(=O)[C@H](CC(N)=O)NC(=O)[C@@H](N)CCCCN)C(=O)N1CCC[C@H]1C(=O)N1CCC[C@H]1C(=O)N1CCC[C@H]1C(=O)N[C@@H](CO)C(N)=O. The molecule has 4 saturated heterocycles. The van der Waals surface area contributed by atoms with Crippen molar-refractivity contribution in [2.45, 2.75) is 144 Å². The van der Waals surface area contributed by atoms with E-state index in [1.165, 1.54) is 21.6 Å². The largest absolute Gasteiger partial charge is 0.394 e. The maximum atomic E-state index is 14.1. The Morgan fingerprint density at radius 1 is 0.506 bits per heavy atom. The number of unbranched alkanes of at least 4 members (excludes halogenated alkanes) is 1. The zero-order valence-electron chi connectivity index (χ0n) is 45.2. The molecular formula is C48H78N16O17. The lowest BCUT2D eigenvalue weighted by molar-refractivity contribution is -0.151. The summed E-state index contributed by atoms with van der Waals surface area (Å²) in [6.45, 7) is -2.50. The molecule has 0 aromatic rings. The Kier molecular flexibility index (Phi) is 26.0. The molecule has 4 heterocycles. The molecule has 0 aromatic carbocycles. The molecule has 19 N–H and O–H groups in total. The molecule has 0 unspecified atom stereocenters. The van der Waals surface area contributed by atoms with Crippen LogP contribution in [0.3, 0.4) is 0 Å². The van der Waals surface area contributed by atoms with E-state index in [9.17, 15) is 82.4 Å². The van der Waals surface area contributed by atoms with Gasteiger partial charge in [-0.05, 0) is 77.7 Å². The number of rotatable bonds is 30. The molecular weight excluding hydrogens is 1070 g/mol. The van der Waals surface area contributed by atoms with Gasteiger partial charge >= 0.3 is 0 Å². The number of hydrogen-bond acceptors (Lipinski definition) is 19. The minimum atomic E-state index is -1.72. The summed E-state index contributed by atoms with van der Waals surface area (Å²) in [7, 11) is 0. The molecule has 10 atom stereocenters. The van der Waals surface area contributed by atoms with Gasteiger partial charge in [0.15, 0.2) is 0 Å². The maximum absolute atomic E-state index is 14.1. The fourth-order valence-electron chi connectivity index (χ4n) is 9.85. The smallest absolute Gasteiger partial charge is 0.246 e. The normalized spacial score (nSPS) is 20.8. The van der Waals surface area contributed by atoms with E-state index in [0.29, 0.717) is 51.5 Å². The molecule has 4 fully saturated rings. The average molecular weight is 1150 g/mol. The summed E-state index contributed by atoms with van der Waals surface area (Å²) in [6, 6.07) is -12.5. The van der Waals surface area contributed by atoms with E-state index in [4.69, 9.17) is 22.9 Å². The van der Waals surface area contributed by atoms with Gasteiger partial charge in [-0.1, -0.05) is 6.42 Å². The number of primary amides is 2. The summed E-state index contributed by atoms with van der Waals surface area (Å²) in [6.07, 6.45) is 3.41. The van der Waals surface area contributed by atoms with Gasteiger partial charge in [0.1, 0.15) is 54.4 Å². The van der Waals surface area contributed by atoms with Gasteiger partial charge in [0, 0.05) is 26.2 Å². The van der Waals surface area contributed by atoms with E-state index in [1.54, 1.807) is 0 Å². The lowest BCUT2D eigenvalue weighted by Crippen LogP contribution is -2.59. The van der Waals surface area contributed by atoms with E-state index in [1.807, 2.05) is 0 Å². The van der Waals surface area contributed by atoms with Crippen molar-refractivity contribution in [1.82, 2.24) is 62.1 Å². The van der Waals surface area contributed by atoms with Gasteiger partial charge in [-0.2, -0.15) is 0 Å². The molecule has 4 rings (SSSR count). The van der Waals surface area contributed by atoms with Gasteiger partial charge in [0.2, 0.25) is 82.7 Å². The maximum Gasteiger partial charge on any atom is 0.246 e. The second-order valence-electron chi connectivity index (χ2n) is 20.1. The first-order chi connectivity index (χ1) is 38.5. The molecule has 0 radical (unpaired) electrons. The Labute approximate surface area is 465 Å². The lowest BCUT2D eigenvalue weighted by Gasteiger charge is -2.34. The number of aliphatic hydroxyl groups excluding tert-OH is 3. The van der Waals surface area contributed by atoms with Crippen molar-refractivity contribution in [3.05, 3.63) is 0 Å². The third-order valence-electron chi connectivity index (χ3n) is 14.2. The minimum absolute atomic E-state index is 0.0544. The quantitative estimate of drug-likeness (QED) is 0.0297. The van der Waals surface area contributed by atoms with Crippen molar-refractivity contribution in [2.75, 3.05) is 72.2 Å².